The average Bonchev–Trinajstić information content (AvgIpc) is 3.22. The molecule has 1 aromatic heterocycles. The van der Waals surface area contributed by atoms with Crippen molar-refractivity contribution in [2.75, 3.05) is 6.61 Å². The molecule has 1 saturated carbocycles. The van der Waals surface area contributed by atoms with Gasteiger partial charge in [0.05, 0.1) is 12.2 Å². The van der Waals surface area contributed by atoms with Crippen LogP contribution in [0.15, 0.2) is 23.0 Å². The fourth-order valence-electron chi connectivity index (χ4n) is 2.18. The molecule has 1 aliphatic rings. The number of nitrogens with one attached hydrogen (secondary N) is 1. The zero-order valence-corrected chi connectivity index (χ0v) is 11.8. The zero-order valence-electron chi connectivity index (χ0n) is 11.0. The lowest BCUT2D eigenvalue weighted by Crippen LogP contribution is -2.18. The van der Waals surface area contributed by atoms with Gasteiger partial charge in [0.25, 0.3) is 5.56 Å². The summed E-state index contributed by atoms with van der Waals surface area (Å²) < 4.78 is 5.30. The van der Waals surface area contributed by atoms with Gasteiger partial charge < -0.3 is 9.72 Å². The maximum absolute atomic E-state index is 12.3. The maximum atomic E-state index is 12.3. The van der Waals surface area contributed by atoms with Gasteiger partial charge in [0.2, 0.25) is 0 Å². The Morgan fingerprint density at radius 2 is 2.20 bits per heavy atom. The molecular weight excluding hydrogens is 278 g/mol. The first-order chi connectivity index (χ1) is 9.56. The number of hydrogen-bond donors (Lipinski definition) is 1. The van der Waals surface area contributed by atoms with Gasteiger partial charge in [0, 0.05) is 21.5 Å². The highest BCUT2D eigenvalue weighted by atomic mass is 35.5. The molecule has 1 aromatic carbocycles. The largest absolute Gasteiger partial charge is 0.462 e. The van der Waals surface area contributed by atoms with E-state index in [4.69, 9.17) is 16.3 Å². The Bertz CT molecular complexity index is 747. The zero-order chi connectivity index (χ0) is 14.3. The SMILES string of the molecule is Cc1c(C(=O)OCC2CC2)c2cc(Cl)ccc2[nH]c1=O. The van der Waals surface area contributed by atoms with E-state index >= 15 is 0 Å². The number of fused-ring (bicyclic) bond motifs is 1. The molecule has 5 heteroatoms. The summed E-state index contributed by atoms with van der Waals surface area (Å²) >= 11 is 5.98. The smallest absolute Gasteiger partial charge is 0.339 e. The van der Waals surface area contributed by atoms with E-state index in [0.29, 0.717) is 39.6 Å². The van der Waals surface area contributed by atoms with Crippen LogP contribution >= 0.6 is 11.6 Å². The van der Waals surface area contributed by atoms with Gasteiger partial charge in [-0.05, 0) is 43.9 Å². The van der Waals surface area contributed by atoms with E-state index in [9.17, 15) is 9.59 Å². The summed E-state index contributed by atoms with van der Waals surface area (Å²) in [5, 5.41) is 1.13. The lowest BCUT2D eigenvalue weighted by atomic mass is 10.0. The maximum Gasteiger partial charge on any atom is 0.339 e. The molecule has 1 heterocycles. The van der Waals surface area contributed by atoms with E-state index in [1.165, 1.54) is 0 Å². The molecular formula is C15H14ClNO3. The molecule has 0 spiro atoms. The van der Waals surface area contributed by atoms with Gasteiger partial charge in [-0.3, -0.25) is 4.79 Å². The molecule has 0 bridgehead atoms. The summed E-state index contributed by atoms with van der Waals surface area (Å²) in [6.45, 7) is 2.04. The normalized spacial score (nSPS) is 14.5. The molecule has 0 unspecified atom stereocenters. The monoisotopic (exact) mass is 291 g/mol. The van der Waals surface area contributed by atoms with Gasteiger partial charge >= 0.3 is 5.97 Å². The summed E-state index contributed by atoms with van der Waals surface area (Å²) in [5.41, 5.74) is 0.981. The summed E-state index contributed by atoms with van der Waals surface area (Å²) in [6, 6.07) is 5.04. The van der Waals surface area contributed by atoms with Crippen LogP contribution in [0.25, 0.3) is 10.9 Å². The number of aromatic nitrogens is 1. The van der Waals surface area contributed by atoms with E-state index in [1.54, 1.807) is 25.1 Å². The third-order valence-corrected chi connectivity index (χ3v) is 3.80. The molecule has 20 heavy (non-hydrogen) atoms. The topological polar surface area (TPSA) is 59.2 Å². The molecule has 0 saturated heterocycles. The van der Waals surface area contributed by atoms with Crippen molar-refractivity contribution in [3.05, 3.63) is 44.7 Å². The number of pyridine rings is 1. The lowest BCUT2D eigenvalue weighted by Gasteiger charge is -2.10. The van der Waals surface area contributed by atoms with Crippen molar-refractivity contribution in [2.24, 2.45) is 5.92 Å². The van der Waals surface area contributed by atoms with E-state index in [-0.39, 0.29) is 5.56 Å². The molecule has 104 valence electrons. The van der Waals surface area contributed by atoms with Crippen LogP contribution in [0.2, 0.25) is 5.02 Å². The van der Waals surface area contributed by atoms with Crippen molar-refractivity contribution in [3.63, 3.8) is 0 Å². The summed E-state index contributed by atoms with van der Waals surface area (Å²) in [6.07, 6.45) is 2.21. The summed E-state index contributed by atoms with van der Waals surface area (Å²) in [7, 11) is 0. The highest BCUT2D eigenvalue weighted by molar-refractivity contribution is 6.31. The van der Waals surface area contributed by atoms with E-state index < -0.39 is 5.97 Å². The van der Waals surface area contributed by atoms with Gasteiger partial charge in [0.1, 0.15) is 0 Å². The highest BCUT2D eigenvalue weighted by Crippen LogP contribution is 2.30. The molecule has 1 fully saturated rings. The third kappa shape index (κ3) is 2.43. The van der Waals surface area contributed by atoms with Crippen molar-refractivity contribution in [1.82, 2.24) is 4.98 Å². The van der Waals surface area contributed by atoms with E-state index in [0.717, 1.165) is 12.8 Å². The van der Waals surface area contributed by atoms with Crippen molar-refractivity contribution < 1.29 is 9.53 Å². The Kier molecular flexibility index (Phi) is 3.26. The number of carbonyl (C=O) groups is 1. The number of halogens is 1. The first kappa shape index (κ1) is 13.2. The van der Waals surface area contributed by atoms with Crippen molar-refractivity contribution in [1.29, 1.82) is 0 Å². The molecule has 4 nitrogen and oxygen atoms in total. The van der Waals surface area contributed by atoms with E-state index in [2.05, 4.69) is 4.98 Å². The fourth-order valence-corrected chi connectivity index (χ4v) is 2.35. The molecule has 1 aliphatic carbocycles. The molecule has 0 atom stereocenters. The first-order valence-electron chi connectivity index (χ1n) is 6.55. The summed E-state index contributed by atoms with van der Waals surface area (Å²) in [4.78, 5) is 26.9. The Labute approximate surface area is 120 Å². The van der Waals surface area contributed by atoms with Gasteiger partial charge in [-0.1, -0.05) is 11.6 Å². The molecule has 0 radical (unpaired) electrons. The van der Waals surface area contributed by atoms with Gasteiger partial charge in [-0.15, -0.1) is 0 Å². The lowest BCUT2D eigenvalue weighted by molar-refractivity contribution is 0.0487. The van der Waals surface area contributed by atoms with Crippen LogP contribution in [0.5, 0.6) is 0 Å². The number of H-pyrrole nitrogens is 1. The minimum absolute atomic E-state index is 0.279. The van der Waals surface area contributed by atoms with Crippen molar-refractivity contribution >= 4 is 28.5 Å². The second kappa shape index (κ2) is 4.94. The van der Waals surface area contributed by atoms with Crippen LogP contribution in [0, 0.1) is 12.8 Å². The average molecular weight is 292 g/mol. The van der Waals surface area contributed by atoms with Gasteiger partial charge in [-0.2, -0.15) is 0 Å². The molecule has 0 amide bonds. The van der Waals surface area contributed by atoms with E-state index in [1.807, 2.05) is 0 Å². The Morgan fingerprint density at radius 3 is 2.90 bits per heavy atom. The highest BCUT2D eigenvalue weighted by Gasteiger charge is 2.25. The Hall–Kier alpha value is -1.81. The predicted octanol–water partition coefficient (Wildman–Crippen LogP) is 3.06. The fraction of sp³-hybridized carbons (Fsp3) is 0.333. The van der Waals surface area contributed by atoms with Crippen LogP contribution in [-0.4, -0.2) is 17.6 Å². The molecule has 0 aliphatic heterocycles. The molecule has 3 rings (SSSR count). The Balaban J connectivity index is 2.10. The summed E-state index contributed by atoms with van der Waals surface area (Å²) in [5.74, 6) is 0.0314. The number of carbonyl (C=O) groups excluding carboxylic acids is 1. The number of benzene rings is 1. The third-order valence-electron chi connectivity index (χ3n) is 3.57. The molecule has 1 N–H and O–H groups in total. The van der Waals surface area contributed by atoms with Gasteiger partial charge in [0.15, 0.2) is 0 Å². The number of rotatable bonds is 3. The quantitative estimate of drug-likeness (QED) is 0.884. The van der Waals surface area contributed by atoms with Crippen molar-refractivity contribution in [3.8, 4) is 0 Å². The van der Waals surface area contributed by atoms with Crippen molar-refractivity contribution in [2.45, 2.75) is 19.8 Å². The minimum Gasteiger partial charge on any atom is -0.462 e. The number of esters is 1. The van der Waals surface area contributed by atoms with Crippen LogP contribution in [0.1, 0.15) is 28.8 Å². The minimum atomic E-state index is -0.451. The van der Waals surface area contributed by atoms with Crippen LogP contribution < -0.4 is 5.56 Å². The van der Waals surface area contributed by atoms with Gasteiger partial charge in [-0.25, -0.2) is 4.79 Å². The second-order valence-corrected chi connectivity index (χ2v) is 5.62. The molecule has 2 aromatic rings. The number of ether oxygens (including phenoxy) is 1. The second-order valence-electron chi connectivity index (χ2n) is 5.19. The number of hydrogen-bond acceptors (Lipinski definition) is 3. The van der Waals surface area contributed by atoms with Crippen LogP contribution in [0.4, 0.5) is 0 Å². The first-order valence-corrected chi connectivity index (χ1v) is 6.93. The number of aromatic amines is 1. The standard InChI is InChI=1S/C15H14ClNO3/c1-8-13(15(19)20-7-9-2-3-9)11-6-10(16)4-5-12(11)17-14(8)18/h4-6,9H,2-3,7H2,1H3,(H,17,18). The Morgan fingerprint density at radius 1 is 1.45 bits per heavy atom. The predicted molar refractivity (Wildman–Crippen MR) is 77.3 cm³/mol. The van der Waals surface area contributed by atoms with Crippen LogP contribution in [0.3, 0.4) is 0 Å². The van der Waals surface area contributed by atoms with Crippen LogP contribution in [-0.2, 0) is 4.74 Å².